The summed E-state index contributed by atoms with van der Waals surface area (Å²) in [5, 5.41) is 3.98. The van der Waals surface area contributed by atoms with E-state index in [0.717, 1.165) is 22.4 Å². The minimum Gasteiger partial charge on any atom is -0.306 e. The predicted octanol–water partition coefficient (Wildman–Crippen LogP) is 4.48. The monoisotopic (exact) mass is 511 g/mol. The second kappa shape index (κ2) is 8.68. The smallest absolute Gasteiger partial charge is 0.253 e. The molecule has 2 fully saturated rings. The molecule has 0 unspecified atom stereocenters. The van der Waals surface area contributed by atoms with Crippen molar-refractivity contribution in [3.63, 3.8) is 0 Å². The number of carbonyl (C=O) groups is 3. The number of halogens is 1. The lowest BCUT2D eigenvalue weighted by Gasteiger charge is -2.31. The van der Waals surface area contributed by atoms with E-state index < -0.39 is 23.4 Å². The van der Waals surface area contributed by atoms with Gasteiger partial charge in [-0.25, -0.2) is 4.90 Å². The first-order chi connectivity index (χ1) is 17.8. The third-order valence-electron chi connectivity index (χ3n) is 7.66. The van der Waals surface area contributed by atoms with Gasteiger partial charge in [0, 0.05) is 28.9 Å². The highest BCUT2D eigenvalue weighted by Gasteiger charge is 2.71. The number of hydrogen-bond donors (Lipinski definition) is 1. The maximum atomic E-state index is 14.3. The molecule has 0 aromatic heterocycles. The lowest BCUT2D eigenvalue weighted by atomic mass is 9.76. The Bertz CT molecular complexity index is 1460. The van der Waals surface area contributed by atoms with E-state index in [-0.39, 0.29) is 17.7 Å². The molecule has 3 heterocycles. The van der Waals surface area contributed by atoms with Gasteiger partial charge >= 0.3 is 0 Å². The molecule has 0 aliphatic carbocycles. The molecule has 6 rings (SSSR count). The number of imide groups is 1. The highest BCUT2D eigenvalue weighted by Crippen LogP contribution is 2.55. The molecule has 3 amide bonds. The highest BCUT2D eigenvalue weighted by atomic mass is 35.5. The maximum absolute atomic E-state index is 14.3. The average molecular weight is 512 g/mol. The van der Waals surface area contributed by atoms with Crippen LogP contribution in [0.15, 0.2) is 91.0 Å². The number of nitrogens with zero attached hydrogens (tertiary/aromatic N) is 2. The van der Waals surface area contributed by atoms with Crippen molar-refractivity contribution in [2.24, 2.45) is 11.8 Å². The van der Waals surface area contributed by atoms with E-state index in [1.165, 1.54) is 4.90 Å². The molecule has 3 aromatic carbocycles. The number of nitrogens with one attached hydrogen (secondary N) is 1. The topological polar surface area (TPSA) is 69.7 Å². The summed E-state index contributed by atoms with van der Waals surface area (Å²) in [6, 6.07) is 23.7. The third-order valence-corrected chi connectivity index (χ3v) is 7.89. The van der Waals surface area contributed by atoms with Gasteiger partial charge in [-0.2, -0.15) is 0 Å². The van der Waals surface area contributed by atoms with Crippen LogP contribution in [0.25, 0.3) is 0 Å². The number of rotatable bonds is 5. The summed E-state index contributed by atoms with van der Waals surface area (Å²) in [6.45, 7) is 6.21. The van der Waals surface area contributed by atoms with Crippen LogP contribution < -0.4 is 15.1 Å². The number of fused-ring (bicyclic) bond motifs is 4. The van der Waals surface area contributed by atoms with Gasteiger partial charge < -0.3 is 4.90 Å². The summed E-state index contributed by atoms with van der Waals surface area (Å²) in [6.07, 6.45) is 0.502. The summed E-state index contributed by atoms with van der Waals surface area (Å²) in [5.41, 5.74) is 2.38. The average Bonchev–Trinajstić information content (AvgIpc) is 3.44. The predicted molar refractivity (Wildman–Crippen MR) is 143 cm³/mol. The Kier molecular flexibility index (Phi) is 5.55. The standard InChI is InChI=1S/C30H26ClN3O3/c1-18(2)17-33-24-14-7-6-13-22(24)30(29(33)37)26-25(23(32-30)15-19-9-4-3-5-10-19)27(35)34(28(26)36)21-12-8-11-20(31)16-21/h3-14,16,23,25-26,32H,1,15,17H2,2H3/t23-,25+,26-,30+/m0/s1. The number of amides is 3. The van der Waals surface area contributed by atoms with Crippen LogP contribution in [0.4, 0.5) is 11.4 Å². The van der Waals surface area contributed by atoms with Crippen molar-refractivity contribution in [1.82, 2.24) is 5.32 Å². The van der Waals surface area contributed by atoms with Crippen LogP contribution in [0, 0.1) is 11.8 Å². The molecular formula is C30H26ClN3O3. The Morgan fingerprint density at radius 2 is 1.70 bits per heavy atom. The number of hydrogen-bond acceptors (Lipinski definition) is 4. The van der Waals surface area contributed by atoms with Crippen molar-refractivity contribution >= 4 is 40.7 Å². The summed E-state index contributed by atoms with van der Waals surface area (Å²) in [5.74, 6) is -2.53. The number of anilines is 2. The largest absolute Gasteiger partial charge is 0.306 e. The van der Waals surface area contributed by atoms with Gasteiger partial charge in [-0.05, 0) is 43.2 Å². The van der Waals surface area contributed by atoms with Crippen molar-refractivity contribution in [1.29, 1.82) is 0 Å². The molecule has 3 aromatic rings. The Balaban J connectivity index is 1.52. The van der Waals surface area contributed by atoms with E-state index in [4.69, 9.17) is 11.6 Å². The molecule has 3 aliphatic rings. The molecule has 37 heavy (non-hydrogen) atoms. The number of benzene rings is 3. The van der Waals surface area contributed by atoms with E-state index >= 15 is 0 Å². The van der Waals surface area contributed by atoms with E-state index in [9.17, 15) is 14.4 Å². The van der Waals surface area contributed by atoms with Gasteiger partial charge in [0.25, 0.3) is 5.91 Å². The fourth-order valence-corrected chi connectivity index (χ4v) is 6.47. The Hall–Kier alpha value is -3.74. The number of para-hydroxylation sites is 1. The minimum atomic E-state index is -1.35. The lowest BCUT2D eigenvalue weighted by molar-refractivity contribution is -0.132. The second-order valence-corrected chi connectivity index (χ2v) is 10.5. The maximum Gasteiger partial charge on any atom is 0.253 e. The van der Waals surface area contributed by atoms with Crippen molar-refractivity contribution in [3.8, 4) is 0 Å². The molecule has 0 radical (unpaired) electrons. The molecule has 7 heteroatoms. The van der Waals surface area contributed by atoms with Crippen LogP contribution in [0.1, 0.15) is 18.1 Å². The van der Waals surface area contributed by atoms with Gasteiger partial charge in [-0.1, -0.05) is 78.4 Å². The molecule has 4 atom stereocenters. The summed E-state index contributed by atoms with van der Waals surface area (Å²) < 4.78 is 0. The van der Waals surface area contributed by atoms with Gasteiger partial charge in [-0.15, -0.1) is 0 Å². The van der Waals surface area contributed by atoms with Gasteiger partial charge in [-0.3, -0.25) is 19.7 Å². The van der Waals surface area contributed by atoms with Crippen molar-refractivity contribution < 1.29 is 14.4 Å². The van der Waals surface area contributed by atoms with E-state index in [2.05, 4.69) is 11.9 Å². The zero-order valence-corrected chi connectivity index (χ0v) is 21.1. The Labute approximate surface area is 220 Å². The van der Waals surface area contributed by atoms with Crippen LogP contribution in [0.5, 0.6) is 0 Å². The van der Waals surface area contributed by atoms with Gasteiger partial charge in [0.2, 0.25) is 11.8 Å². The van der Waals surface area contributed by atoms with E-state index in [0.29, 0.717) is 23.7 Å². The van der Waals surface area contributed by atoms with Gasteiger partial charge in [0.05, 0.1) is 17.5 Å². The fourth-order valence-electron chi connectivity index (χ4n) is 6.29. The number of carbonyl (C=O) groups excluding carboxylic acids is 3. The normalized spacial score (nSPS) is 26.2. The van der Waals surface area contributed by atoms with Crippen LogP contribution >= 0.6 is 11.6 Å². The zero-order valence-electron chi connectivity index (χ0n) is 20.4. The van der Waals surface area contributed by atoms with Gasteiger partial charge in [0.1, 0.15) is 5.54 Å². The first-order valence-corrected chi connectivity index (χ1v) is 12.7. The van der Waals surface area contributed by atoms with Crippen molar-refractivity contribution in [3.05, 3.63) is 107 Å². The van der Waals surface area contributed by atoms with Gasteiger partial charge in [0.15, 0.2) is 0 Å². The molecule has 186 valence electrons. The van der Waals surface area contributed by atoms with Crippen LogP contribution in [0.3, 0.4) is 0 Å². The molecule has 3 aliphatic heterocycles. The third kappa shape index (κ3) is 3.47. The Morgan fingerprint density at radius 3 is 2.43 bits per heavy atom. The molecular weight excluding hydrogens is 486 g/mol. The minimum absolute atomic E-state index is 0.226. The summed E-state index contributed by atoms with van der Waals surface area (Å²) in [4.78, 5) is 45.4. The van der Waals surface area contributed by atoms with Crippen LogP contribution in [-0.2, 0) is 26.3 Å². The molecule has 1 N–H and O–H groups in total. The van der Waals surface area contributed by atoms with Crippen molar-refractivity contribution in [2.75, 3.05) is 16.3 Å². The molecule has 2 saturated heterocycles. The summed E-state index contributed by atoms with van der Waals surface area (Å²) in [7, 11) is 0. The quantitative estimate of drug-likeness (QED) is 0.405. The van der Waals surface area contributed by atoms with Crippen LogP contribution in [-0.4, -0.2) is 30.3 Å². The molecule has 6 nitrogen and oxygen atoms in total. The SMILES string of the molecule is C=C(C)CN1C(=O)[C@@]2(N[C@@H](Cc3ccccc3)[C@H]3C(=O)N(c4cccc(Cl)c4)C(=O)[C@H]32)c2ccccc21. The summed E-state index contributed by atoms with van der Waals surface area (Å²) >= 11 is 6.22. The fraction of sp³-hybridized carbons (Fsp3) is 0.233. The molecule has 1 spiro atoms. The highest BCUT2D eigenvalue weighted by molar-refractivity contribution is 6.31. The molecule has 0 bridgehead atoms. The second-order valence-electron chi connectivity index (χ2n) is 10.1. The first kappa shape index (κ1) is 23.6. The first-order valence-electron chi connectivity index (χ1n) is 12.3. The lowest BCUT2D eigenvalue weighted by Crippen LogP contribution is -2.55. The van der Waals surface area contributed by atoms with Crippen LogP contribution in [0.2, 0.25) is 5.02 Å². The van der Waals surface area contributed by atoms with Crippen molar-refractivity contribution in [2.45, 2.75) is 24.9 Å². The zero-order chi connectivity index (χ0) is 25.9. The Morgan fingerprint density at radius 1 is 0.973 bits per heavy atom. The molecule has 0 saturated carbocycles. The van der Waals surface area contributed by atoms with E-state index in [1.54, 1.807) is 29.2 Å². The van der Waals surface area contributed by atoms with E-state index in [1.807, 2.05) is 61.5 Å².